The van der Waals surface area contributed by atoms with E-state index in [0.29, 0.717) is 11.7 Å². The van der Waals surface area contributed by atoms with Crippen LogP contribution in [0.3, 0.4) is 0 Å². The molecule has 0 radical (unpaired) electrons. The Hall–Kier alpha value is -1.75. The van der Waals surface area contributed by atoms with E-state index < -0.39 is 0 Å². The van der Waals surface area contributed by atoms with Gasteiger partial charge in [0.15, 0.2) is 5.82 Å². The predicted octanol–water partition coefficient (Wildman–Crippen LogP) is 1.00. The fraction of sp³-hybridized carbons (Fsp3) is 0.364. The van der Waals surface area contributed by atoms with Crippen LogP contribution in [-0.2, 0) is 0 Å². The first-order valence-electron chi connectivity index (χ1n) is 5.30. The van der Waals surface area contributed by atoms with Gasteiger partial charge in [-0.05, 0) is 13.0 Å². The van der Waals surface area contributed by atoms with Crippen LogP contribution in [0.25, 0.3) is 0 Å². The summed E-state index contributed by atoms with van der Waals surface area (Å²) < 4.78 is 0. The minimum Gasteiger partial charge on any atom is -0.315 e. The second-order valence-corrected chi connectivity index (χ2v) is 3.60. The Kier molecular flexibility index (Phi) is 3.26. The van der Waals surface area contributed by atoms with Crippen molar-refractivity contribution in [2.45, 2.75) is 12.8 Å². The van der Waals surface area contributed by atoms with Crippen LogP contribution < -0.4 is 5.32 Å². The van der Waals surface area contributed by atoms with Gasteiger partial charge in [-0.2, -0.15) is 5.10 Å². The molecular formula is C11H15N5. The van der Waals surface area contributed by atoms with Crippen LogP contribution in [0.5, 0.6) is 0 Å². The first-order chi connectivity index (χ1) is 7.85. The van der Waals surface area contributed by atoms with Crippen molar-refractivity contribution < 1.29 is 0 Å². The summed E-state index contributed by atoms with van der Waals surface area (Å²) in [7, 11) is 0. The van der Waals surface area contributed by atoms with Gasteiger partial charge in [-0.25, -0.2) is 4.98 Å². The van der Waals surface area contributed by atoms with E-state index in [1.54, 1.807) is 0 Å². The quantitative estimate of drug-likeness (QED) is 0.739. The SMILES string of the molecule is C=CN=C(/C=C\C)c1n[nH]c(C2CNC2)n1. The maximum Gasteiger partial charge on any atom is 0.199 e. The Bertz CT molecular complexity index is 425. The second-order valence-electron chi connectivity index (χ2n) is 3.60. The number of aromatic nitrogens is 3. The van der Waals surface area contributed by atoms with Crippen LogP contribution in [0.15, 0.2) is 29.9 Å². The smallest absolute Gasteiger partial charge is 0.199 e. The van der Waals surface area contributed by atoms with Crippen LogP contribution in [0, 0.1) is 0 Å². The van der Waals surface area contributed by atoms with E-state index in [1.165, 1.54) is 6.20 Å². The zero-order valence-electron chi connectivity index (χ0n) is 9.27. The topological polar surface area (TPSA) is 66.0 Å². The van der Waals surface area contributed by atoms with Crippen molar-refractivity contribution in [3.8, 4) is 0 Å². The molecule has 2 heterocycles. The Morgan fingerprint density at radius 2 is 2.38 bits per heavy atom. The number of hydrogen-bond donors (Lipinski definition) is 2. The van der Waals surface area contributed by atoms with Gasteiger partial charge in [0.1, 0.15) is 11.5 Å². The van der Waals surface area contributed by atoms with Crippen molar-refractivity contribution >= 4 is 5.71 Å². The highest BCUT2D eigenvalue weighted by atomic mass is 15.2. The molecule has 5 heteroatoms. The number of allylic oxidation sites excluding steroid dienone is 2. The summed E-state index contributed by atoms with van der Waals surface area (Å²) in [5.41, 5.74) is 0.729. The normalized spacial score (nSPS) is 17.7. The minimum absolute atomic E-state index is 0.455. The number of rotatable bonds is 4. The third-order valence-electron chi connectivity index (χ3n) is 2.45. The summed E-state index contributed by atoms with van der Waals surface area (Å²) in [6, 6.07) is 0. The maximum atomic E-state index is 4.43. The highest BCUT2D eigenvalue weighted by molar-refractivity contribution is 6.06. The fourth-order valence-corrected chi connectivity index (χ4v) is 1.48. The highest BCUT2D eigenvalue weighted by Gasteiger charge is 2.22. The van der Waals surface area contributed by atoms with Gasteiger partial charge in [0.2, 0.25) is 0 Å². The Morgan fingerprint density at radius 1 is 1.56 bits per heavy atom. The molecule has 0 unspecified atom stereocenters. The molecular weight excluding hydrogens is 202 g/mol. The van der Waals surface area contributed by atoms with Gasteiger partial charge >= 0.3 is 0 Å². The first kappa shape index (κ1) is 10.8. The van der Waals surface area contributed by atoms with Crippen LogP contribution in [0.1, 0.15) is 24.5 Å². The Labute approximate surface area is 94.4 Å². The Balaban J connectivity index is 2.21. The van der Waals surface area contributed by atoms with Crippen molar-refractivity contribution in [1.82, 2.24) is 20.5 Å². The average molecular weight is 217 g/mol. The molecule has 16 heavy (non-hydrogen) atoms. The first-order valence-corrected chi connectivity index (χ1v) is 5.30. The summed E-state index contributed by atoms with van der Waals surface area (Å²) in [4.78, 5) is 8.57. The molecule has 0 atom stereocenters. The number of aromatic amines is 1. The van der Waals surface area contributed by atoms with E-state index in [0.717, 1.165) is 24.6 Å². The number of hydrogen-bond acceptors (Lipinski definition) is 4. The monoisotopic (exact) mass is 217 g/mol. The molecule has 5 nitrogen and oxygen atoms in total. The van der Waals surface area contributed by atoms with Crippen LogP contribution >= 0.6 is 0 Å². The average Bonchev–Trinajstić information content (AvgIpc) is 2.64. The zero-order chi connectivity index (χ0) is 11.4. The Morgan fingerprint density at radius 3 is 2.94 bits per heavy atom. The van der Waals surface area contributed by atoms with E-state index in [9.17, 15) is 0 Å². The molecule has 0 spiro atoms. The predicted molar refractivity (Wildman–Crippen MR) is 63.5 cm³/mol. The largest absolute Gasteiger partial charge is 0.315 e. The molecule has 0 bridgehead atoms. The lowest BCUT2D eigenvalue weighted by atomic mass is 10.0. The molecule has 1 saturated heterocycles. The van der Waals surface area contributed by atoms with Gasteiger partial charge in [-0.3, -0.25) is 10.1 Å². The van der Waals surface area contributed by atoms with Crippen LogP contribution in [0.4, 0.5) is 0 Å². The molecule has 0 saturated carbocycles. The summed E-state index contributed by atoms with van der Waals surface area (Å²) in [5, 5.41) is 10.3. The minimum atomic E-state index is 0.455. The molecule has 1 aromatic rings. The van der Waals surface area contributed by atoms with Gasteiger partial charge in [0.05, 0.1) is 0 Å². The van der Waals surface area contributed by atoms with Gasteiger partial charge in [-0.1, -0.05) is 12.7 Å². The molecule has 2 N–H and O–H groups in total. The molecule has 0 aromatic carbocycles. The summed E-state index contributed by atoms with van der Waals surface area (Å²) in [5.74, 6) is 2.01. The van der Waals surface area contributed by atoms with Gasteiger partial charge < -0.3 is 5.32 Å². The molecule has 1 aromatic heterocycles. The van der Waals surface area contributed by atoms with E-state index in [4.69, 9.17) is 0 Å². The van der Waals surface area contributed by atoms with Crippen molar-refractivity contribution in [3.63, 3.8) is 0 Å². The lowest BCUT2D eigenvalue weighted by molar-refractivity contribution is 0.431. The molecule has 1 aliphatic heterocycles. The molecule has 0 aliphatic carbocycles. The summed E-state index contributed by atoms with van der Waals surface area (Å²) in [6.45, 7) is 7.44. The molecule has 84 valence electrons. The fourth-order valence-electron chi connectivity index (χ4n) is 1.48. The number of nitrogens with one attached hydrogen (secondary N) is 2. The van der Waals surface area contributed by atoms with Crippen LogP contribution in [0.2, 0.25) is 0 Å². The zero-order valence-corrected chi connectivity index (χ0v) is 9.27. The van der Waals surface area contributed by atoms with Crippen molar-refractivity contribution in [2.75, 3.05) is 13.1 Å². The third-order valence-corrected chi connectivity index (χ3v) is 2.45. The number of aliphatic imine (C=N–C) groups is 1. The third kappa shape index (κ3) is 2.09. The molecule has 0 amide bonds. The van der Waals surface area contributed by atoms with Crippen molar-refractivity contribution in [2.24, 2.45) is 4.99 Å². The van der Waals surface area contributed by atoms with Crippen molar-refractivity contribution in [1.29, 1.82) is 0 Å². The number of nitrogens with zero attached hydrogens (tertiary/aromatic N) is 3. The lowest BCUT2D eigenvalue weighted by Crippen LogP contribution is -2.40. The lowest BCUT2D eigenvalue weighted by Gasteiger charge is -2.24. The molecule has 2 rings (SSSR count). The highest BCUT2D eigenvalue weighted by Crippen LogP contribution is 2.15. The van der Waals surface area contributed by atoms with E-state index in [2.05, 4.69) is 32.1 Å². The van der Waals surface area contributed by atoms with Gasteiger partial charge in [-0.15, -0.1) is 0 Å². The van der Waals surface area contributed by atoms with E-state index in [1.807, 2.05) is 19.1 Å². The molecule has 1 fully saturated rings. The van der Waals surface area contributed by atoms with Crippen molar-refractivity contribution in [3.05, 3.63) is 36.6 Å². The van der Waals surface area contributed by atoms with Crippen LogP contribution in [-0.4, -0.2) is 34.0 Å². The number of H-pyrrole nitrogens is 1. The van der Waals surface area contributed by atoms with Gasteiger partial charge in [0.25, 0.3) is 0 Å². The standard InChI is InChI=1S/C11H15N5/c1-3-5-9(13-4-2)11-14-10(15-16-11)8-6-12-7-8/h3-5,8,12H,2,6-7H2,1H3,(H,14,15,16)/b5-3-,13-9?. The second kappa shape index (κ2) is 4.85. The molecule has 1 aliphatic rings. The van der Waals surface area contributed by atoms with E-state index >= 15 is 0 Å². The summed E-state index contributed by atoms with van der Waals surface area (Å²) in [6.07, 6.45) is 5.27. The summed E-state index contributed by atoms with van der Waals surface area (Å²) >= 11 is 0. The van der Waals surface area contributed by atoms with E-state index in [-0.39, 0.29) is 0 Å². The van der Waals surface area contributed by atoms with Gasteiger partial charge in [0, 0.05) is 25.2 Å². The maximum absolute atomic E-state index is 4.43.